The van der Waals surface area contributed by atoms with Crippen LogP contribution in [0.2, 0.25) is 0 Å². The van der Waals surface area contributed by atoms with Crippen LogP contribution in [0.15, 0.2) is 39.6 Å². The Kier molecular flexibility index (Phi) is 2.14. The van der Waals surface area contributed by atoms with Crippen LogP contribution in [0.3, 0.4) is 0 Å². The van der Waals surface area contributed by atoms with Crippen molar-refractivity contribution in [2.75, 3.05) is 0 Å². The van der Waals surface area contributed by atoms with Gasteiger partial charge in [-0.25, -0.2) is 0 Å². The first-order valence-electron chi connectivity index (χ1n) is 5.34. The van der Waals surface area contributed by atoms with Gasteiger partial charge in [-0.05, 0) is 24.6 Å². The minimum absolute atomic E-state index is 0.0834. The van der Waals surface area contributed by atoms with Crippen molar-refractivity contribution in [2.24, 2.45) is 0 Å². The number of carboxylic acids is 1. The van der Waals surface area contributed by atoms with Gasteiger partial charge in [0.1, 0.15) is 11.2 Å². The molecule has 0 saturated carbocycles. The van der Waals surface area contributed by atoms with Crippen LogP contribution in [0.4, 0.5) is 0 Å². The van der Waals surface area contributed by atoms with E-state index in [1.165, 1.54) is 0 Å². The molecular formula is C13H10O4. The van der Waals surface area contributed by atoms with Crippen molar-refractivity contribution in [3.63, 3.8) is 0 Å². The SMILES string of the molecule is O=C(O)CCc1c2ccoc2cc2ccoc12. The summed E-state index contributed by atoms with van der Waals surface area (Å²) in [4.78, 5) is 10.7. The zero-order chi connectivity index (χ0) is 11.8. The molecule has 0 aliphatic carbocycles. The number of rotatable bonds is 3. The molecule has 0 amide bonds. The summed E-state index contributed by atoms with van der Waals surface area (Å²) in [6.45, 7) is 0. The minimum atomic E-state index is -0.815. The largest absolute Gasteiger partial charge is 0.481 e. The molecule has 3 aromatic rings. The van der Waals surface area contributed by atoms with Gasteiger partial charge in [-0.1, -0.05) is 0 Å². The van der Waals surface area contributed by atoms with Crippen molar-refractivity contribution < 1.29 is 18.7 Å². The molecule has 4 nitrogen and oxygen atoms in total. The van der Waals surface area contributed by atoms with E-state index in [-0.39, 0.29) is 6.42 Å². The molecule has 17 heavy (non-hydrogen) atoms. The van der Waals surface area contributed by atoms with Gasteiger partial charge in [0.15, 0.2) is 0 Å². The molecule has 0 unspecified atom stereocenters. The fourth-order valence-corrected chi connectivity index (χ4v) is 2.10. The molecule has 0 atom stereocenters. The van der Waals surface area contributed by atoms with Crippen molar-refractivity contribution in [3.05, 3.63) is 36.3 Å². The number of fused-ring (bicyclic) bond motifs is 2. The summed E-state index contributed by atoms with van der Waals surface area (Å²) in [5, 5.41) is 10.6. The van der Waals surface area contributed by atoms with Crippen molar-refractivity contribution in [1.82, 2.24) is 0 Å². The molecule has 0 radical (unpaired) electrons. The lowest BCUT2D eigenvalue weighted by Gasteiger charge is -2.02. The highest BCUT2D eigenvalue weighted by atomic mass is 16.4. The number of benzene rings is 1. The highest BCUT2D eigenvalue weighted by Gasteiger charge is 2.13. The molecule has 3 rings (SSSR count). The van der Waals surface area contributed by atoms with Crippen LogP contribution >= 0.6 is 0 Å². The Labute approximate surface area is 96.4 Å². The second kappa shape index (κ2) is 3.66. The Bertz CT molecular complexity index is 641. The van der Waals surface area contributed by atoms with E-state index < -0.39 is 5.97 Å². The first kappa shape index (κ1) is 9.96. The van der Waals surface area contributed by atoms with E-state index in [4.69, 9.17) is 13.9 Å². The highest BCUT2D eigenvalue weighted by Crippen LogP contribution is 2.30. The second-order valence-corrected chi connectivity index (χ2v) is 3.92. The summed E-state index contributed by atoms with van der Waals surface area (Å²) in [5.41, 5.74) is 2.41. The zero-order valence-electron chi connectivity index (χ0n) is 8.97. The molecule has 1 N–H and O–H groups in total. The number of carboxylic acid groups (broad SMARTS) is 1. The summed E-state index contributed by atoms with van der Waals surface area (Å²) in [7, 11) is 0. The summed E-state index contributed by atoms with van der Waals surface area (Å²) in [5.74, 6) is -0.815. The Morgan fingerprint density at radius 3 is 2.88 bits per heavy atom. The van der Waals surface area contributed by atoms with Crippen LogP contribution < -0.4 is 0 Å². The van der Waals surface area contributed by atoms with E-state index >= 15 is 0 Å². The minimum Gasteiger partial charge on any atom is -0.481 e. The molecule has 0 saturated heterocycles. The first-order valence-corrected chi connectivity index (χ1v) is 5.34. The topological polar surface area (TPSA) is 63.6 Å². The van der Waals surface area contributed by atoms with Gasteiger partial charge in [0.2, 0.25) is 0 Å². The molecule has 1 aromatic carbocycles. The molecule has 4 heteroatoms. The quantitative estimate of drug-likeness (QED) is 0.750. The maximum Gasteiger partial charge on any atom is 0.303 e. The number of hydrogen-bond donors (Lipinski definition) is 1. The highest BCUT2D eigenvalue weighted by molar-refractivity contribution is 5.97. The lowest BCUT2D eigenvalue weighted by Crippen LogP contribution is -1.98. The van der Waals surface area contributed by atoms with Gasteiger partial charge in [0, 0.05) is 22.8 Å². The lowest BCUT2D eigenvalue weighted by molar-refractivity contribution is -0.136. The Balaban J connectivity index is 2.23. The van der Waals surface area contributed by atoms with Crippen molar-refractivity contribution in [2.45, 2.75) is 12.8 Å². The second-order valence-electron chi connectivity index (χ2n) is 3.92. The lowest BCUT2D eigenvalue weighted by atomic mass is 10.0. The molecule has 0 spiro atoms. The van der Waals surface area contributed by atoms with Gasteiger partial charge in [-0.15, -0.1) is 0 Å². The Morgan fingerprint density at radius 1 is 1.24 bits per heavy atom. The molecule has 2 heterocycles. The Morgan fingerprint density at radius 2 is 2.06 bits per heavy atom. The van der Waals surface area contributed by atoms with Gasteiger partial charge in [-0.2, -0.15) is 0 Å². The van der Waals surface area contributed by atoms with E-state index in [1.54, 1.807) is 12.5 Å². The van der Waals surface area contributed by atoms with Crippen LogP contribution in [-0.2, 0) is 11.2 Å². The van der Waals surface area contributed by atoms with E-state index in [1.807, 2.05) is 18.2 Å². The van der Waals surface area contributed by atoms with Crippen molar-refractivity contribution in [1.29, 1.82) is 0 Å². The van der Waals surface area contributed by atoms with E-state index in [2.05, 4.69) is 0 Å². The van der Waals surface area contributed by atoms with Crippen LogP contribution in [0.25, 0.3) is 21.9 Å². The summed E-state index contributed by atoms with van der Waals surface area (Å²) in [6.07, 6.45) is 3.73. The van der Waals surface area contributed by atoms with Gasteiger partial charge in [-0.3, -0.25) is 4.79 Å². The maximum atomic E-state index is 10.7. The molecule has 0 bridgehead atoms. The van der Waals surface area contributed by atoms with Gasteiger partial charge < -0.3 is 13.9 Å². The standard InChI is InChI=1S/C13H10O4/c14-12(15)2-1-10-9-4-6-16-11(9)7-8-3-5-17-13(8)10/h3-7H,1-2H2,(H,14,15). The summed E-state index contributed by atoms with van der Waals surface area (Å²) >= 11 is 0. The number of hydrogen-bond acceptors (Lipinski definition) is 3. The van der Waals surface area contributed by atoms with E-state index in [9.17, 15) is 4.79 Å². The normalized spacial score (nSPS) is 11.3. The van der Waals surface area contributed by atoms with Gasteiger partial charge in [0.25, 0.3) is 0 Å². The molecule has 0 fully saturated rings. The van der Waals surface area contributed by atoms with Crippen LogP contribution in [0, 0.1) is 0 Å². The third-order valence-electron chi connectivity index (χ3n) is 2.87. The summed E-state index contributed by atoms with van der Waals surface area (Å²) < 4.78 is 10.8. The predicted molar refractivity (Wildman–Crippen MR) is 61.9 cm³/mol. The van der Waals surface area contributed by atoms with E-state index in [0.29, 0.717) is 6.42 Å². The number of furan rings is 2. The number of aliphatic carboxylic acids is 1. The third kappa shape index (κ3) is 1.58. The van der Waals surface area contributed by atoms with Gasteiger partial charge >= 0.3 is 5.97 Å². The average molecular weight is 230 g/mol. The monoisotopic (exact) mass is 230 g/mol. The molecule has 0 aliphatic heterocycles. The smallest absolute Gasteiger partial charge is 0.303 e. The summed E-state index contributed by atoms with van der Waals surface area (Å²) in [6, 6.07) is 5.59. The first-order chi connectivity index (χ1) is 8.25. The third-order valence-corrected chi connectivity index (χ3v) is 2.87. The zero-order valence-corrected chi connectivity index (χ0v) is 8.97. The molecular weight excluding hydrogens is 220 g/mol. The van der Waals surface area contributed by atoms with Crippen LogP contribution in [0.1, 0.15) is 12.0 Å². The van der Waals surface area contributed by atoms with E-state index in [0.717, 1.165) is 27.5 Å². The molecule has 86 valence electrons. The van der Waals surface area contributed by atoms with Crippen molar-refractivity contribution in [3.8, 4) is 0 Å². The average Bonchev–Trinajstić information content (AvgIpc) is 2.90. The molecule has 2 aromatic heterocycles. The van der Waals surface area contributed by atoms with Crippen molar-refractivity contribution >= 4 is 27.9 Å². The number of carbonyl (C=O) groups is 1. The Hall–Kier alpha value is -2.23. The van der Waals surface area contributed by atoms with Gasteiger partial charge in [0.05, 0.1) is 12.5 Å². The van der Waals surface area contributed by atoms with Crippen LogP contribution in [0.5, 0.6) is 0 Å². The predicted octanol–water partition coefficient (Wildman–Crippen LogP) is 3.20. The fraction of sp³-hybridized carbons (Fsp3) is 0.154. The molecule has 0 aliphatic rings. The maximum absolute atomic E-state index is 10.7. The fourth-order valence-electron chi connectivity index (χ4n) is 2.10. The van der Waals surface area contributed by atoms with Crippen LogP contribution in [-0.4, -0.2) is 11.1 Å². The number of aryl methyl sites for hydroxylation is 1.